The van der Waals surface area contributed by atoms with Crippen LogP contribution < -0.4 is 10.2 Å². The van der Waals surface area contributed by atoms with Gasteiger partial charge in [-0.25, -0.2) is 0 Å². The molecule has 0 bridgehead atoms. The molecule has 0 spiro atoms. The standard InChI is InChI=1S/C24H32N2O2/c1-3-4-5-8-13-20(2)25-23(27)18-19-24(28)26(21-14-9-6-10-15-21)22-16-11-7-12-17-22/h6-7,9-12,14-17,20H,3-5,8,13,18-19H2,1-2H3,(H,25,27)/t20-/m0/s1. The van der Waals surface area contributed by atoms with Gasteiger partial charge in [-0.3, -0.25) is 14.5 Å². The number of anilines is 2. The Morgan fingerprint density at radius 2 is 1.43 bits per heavy atom. The molecule has 0 aliphatic heterocycles. The highest BCUT2D eigenvalue weighted by Crippen LogP contribution is 2.26. The molecular formula is C24H32N2O2. The van der Waals surface area contributed by atoms with Crippen LogP contribution >= 0.6 is 0 Å². The van der Waals surface area contributed by atoms with E-state index in [0.717, 1.165) is 24.2 Å². The summed E-state index contributed by atoms with van der Waals surface area (Å²) in [5.74, 6) is -0.138. The number of amides is 2. The number of carbonyl (C=O) groups is 2. The second kappa shape index (κ2) is 12.0. The van der Waals surface area contributed by atoms with Gasteiger partial charge in [-0.2, -0.15) is 0 Å². The summed E-state index contributed by atoms with van der Waals surface area (Å²) in [6.45, 7) is 4.22. The zero-order chi connectivity index (χ0) is 20.2. The minimum Gasteiger partial charge on any atom is -0.354 e. The van der Waals surface area contributed by atoms with Crippen LogP contribution in [-0.4, -0.2) is 17.9 Å². The van der Waals surface area contributed by atoms with E-state index in [1.165, 1.54) is 19.3 Å². The van der Waals surface area contributed by atoms with Crippen LogP contribution in [0.3, 0.4) is 0 Å². The van der Waals surface area contributed by atoms with Crippen molar-refractivity contribution < 1.29 is 9.59 Å². The zero-order valence-electron chi connectivity index (χ0n) is 17.1. The molecular weight excluding hydrogens is 348 g/mol. The van der Waals surface area contributed by atoms with Crippen LogP contribution in [-0.2, 0) is 9.59 Å². The molecule has 2 aromatic carbocycles. The minimum absolute atomic E-state index is 0.0579. The van der Waals surface area contributed by atoms with E-state index in [-0.39, 0.29) is 30.7 Å². The summed E-state index contributed by atoms with van der Waals surface area (Å²) >= 11 is 0. The van der Waals surface area contributed by atoms with E-state index in [1.807, 2.05) is 67.6 Å². The Hall–Kier alpha value is -2.62. The molecule has 2 aromatic rings. The van der Waals surface area contributed by atoms with Crippen LogP contribution in [0.2, 0.25) is 0 Å². The predicted molar refractivity (Wildman–Crippen MR) is 116 cm³/mol. The minimum atomic E-state index is -0.0804. The lowest BCUT2D eigenvalue weighted by molar-refractivity contribution is -0.125. The maximum Gasteiger partial charge on any atom is 0.232 e. The van der Waals surface area contributed by atoms with E-state index in [2.05, 4.69) is 12.2 Å². The lowest BCUT2D eigenvalue weighted by Crippen LogP contribution is -2.34. The number of hydrogen-bond acceptors (Lipinski definition) is 2. The van der Waals surface area contributed by atoms with Crippen molar-refractivity contribution in [3.8, 4) is 0 Å². The Labute approximate surface area is 169 Å². The molecule has 0 heterocycles. The van der Waals surface area contributed by atoms with Gasteiger partial charge >= 0.3 is 0 Å². The van der Waals surface area contributed by atoms with Crippen LogP contribution in [0.15, 0.2) is 60.7 Å². The molecule has 0 radical (unpaired) electrons. The van der Waals surface area contributed by atoms with Gasteiger partial charge in [0.15, 0.2) is 0 Å². The van der Waals surface area contributed by atoms with Crippen molar-refractivity contribution >= 4 is 23.2 Å². The van der Waals surface area contributed by atoms with Gasteiger partial charge in [0, 0.05) is 30.3 Å². The average molecular weight is 381 g/mol. The third-order valence-electron chi connectivity index (χ3n) is 4.74. The van der Waals surface area contributed by atoms with Crippen LogP contribution in [0.5, 0.6) is 0 Å². The van der Waals surface area contributed by atoms with Crippen LogP contribution in [0.25, 0.3) is 0 Å². The molecule has 2 amide bonds. The number of nitrogens with zero attached hydrogens (tertiary/aromatic N) is 1. The monoisotopic (exact) mass is 380 g/mol. The number of carbonyl (C=O) groups excluding carboxylic acids is 2. The Balaban J connectivity index is 1.90. The van der Waals surface area contributed by atoms with E-state index >= 15 is 0 Å². The third-order valence-corrected chi connectivity index (χ3v) is 4.74. The van der Waals surface area contributed by atoms with Crippen molar-refractivity contribution in [2.24, 2.45) is 0 Å². The van der Waals surface area contributed by atoms with E-state index in [4.69, 9.17) is 0 Å². The fourth-order valence-electron chi connectivity index (χ4n) is 3.22. The quantitative estimate of drug-likeness (QED) is 0.515. The predicted octanol–water partition coefficient (Wildman–Crippen LogP) is 5.61. The Kier molecular flexibility index (Phi) is 9.26. The lowest BCUT2D eigenvalue weighted by Gasteiger charge is -2.23. The van der Waals surface area contributed by atoms with Crippen molar-refractivity contribution in [3.05, 3.63) is 60.7 Å². The second-order valence-electron chi connectivity index (χ2n) is 7.22. The molecule has 4 heteroatoms. The number of nitrogens with one attached hydrogen (secondary N) is 1. The molecule has 150 valence electrons. The first-order chi connectivity index (χ1) is 13.6. The van der Waals surface area contributed by atoms with Gasteiger partial charge < -0.3 is 5.32 Å². The molecule has 0 fully saturated rings. The van der Waals surface area contributed by atoms with E-state index in [1.54, 1.807) is 4.90 Å². The molecule has 0 unspecified atom stereocenters. The summed E-state index contributed by atoms with van der Waals surface area (Å²) in [5.41, 5.74) is 1.62. The van der Waals surface area contributed by atoms with Gasteiger partial charge in [-0.05, 0) is 37.6 Å². The first-order valence-electron chi connectivity index (χ1n) is 10.3. The zero-order valence-corrected chi connectivity index (χ0v) is 17.1. The normalized spacial score (nSPS) is 11.6. The molecule has 2 rings (SSSR count). The number of para-hydroxylation sites is 2. The van der Waals surface area contributed by atoms with Gasteiger partial charge in [0.05, 0.1) is 0 Å². The van der Waals surface area contributed by atoms with Crippen LogP contribution in [0.1, 0.15) is 58.8 Å². The summed E-state index contributed by atoms with van der Waals surface area (Å²) < 4.78 is 0. The van der Waals surface area contributed by atoms with Gasteiger partial charge in [0.1, 0.15) is 0 Å². The number of hydrogen-bond donors (Lipinski definition) is 1. The van der Waals surface area contributed by atoms with Crippen LogP contribution in [0.4, 0.5) is 11.4 Å². The number of unbranched alkanes of at least 4 members (excludes halogenated alkanes) is 3. The fourth-order valence-corrected chi connectivity index (χ4v) is 3.22. The Bertz CT molecular complexity index is 676. The van der Waals surface area contributed by atoms with Crippen molar-refractivity contribution in [3.63, 3.8) is 0 Å². The number of benzene rings is 2. The molecule has 0 aliphatic rings. The van der Waals surface area contributed by atoms with Gasteiger partial charge in [-0.1, -0.05) is 69.0 Å². The van der Waals surface area contributed by atoms with Gasteiger partial charge in [0.2, 0.25) is 11.8 Å². The third kappa shape index (κ3) is 7.18. The highest BCUT2D eigenvalue weighted by Gasteiger charge is 2.19. The Morgan fingerprint density at radius 1 is 0.857 bits per heavy atom. The lowest BCUT2D eigenvalue weighted by atomic mass is 10.1. The highest BCUT2D eigenvalue weighted by atomic mass is 16.2. The first kappa shape index (κ1) is 21.7. The maximum absolute atomic E-state index is 12.9. The molecule has 0 saturated carbocycles. The summed E-state index contributed by atoms with van der Waals surface area (Å²) in [4.78, 5) is 26.9. The van der Waals surface area contributed by atoms with E-state index < -0.39 is 0 Å². The Morgan fingerprint density at radius 3 is 1.96 bits per heavy atom. The van der Waals surface area contributed by atoms with E-state index in [9.17, 15) is 9.59 Å². The van der Waals surface area contributed by atoms with Crippen molar-refractivity contribution in [2.75, 3.05) is 4.90 Å². The van der Waals surface area contributed by atoms with Crippen molar-refractivity contribution in [1.82, 2.24) is 5.32 Å². The number of rotatable bonds is 11. The second-order valence-corrected chi connectivity index (χ2v) is 7.22. The molecule has 1 atom stereocenters. The van der Waals surface area contributed by atoms with Gasteiger partial charge in [0.25, 0.3) is 0 Å². The van der Waals surface area contributed by atoms with E-state index in [0.29, 0.717) is 0 Å². The molecule has 1 N–H and O–H groups in total. The molecule has 4 nitrogen and oxygen atoms in total. The smallest absolute Gasteiger partial charge is 0.232 e. The van der Waals surface area contributed by atoms with Crippen molar-refractivity contribution in [1.29, 1.82) is 0 Å². The maximum atomic E-state index is 12.9. The summed E-state index contributed by atoms with van der Waals surface area (Å²) in [6, 6.07) is 19.3. The summed E-state index contributed by atoms with van der Waals surface area (Å²) in [5, 5.41) is 3.02. The van der Waals surface area contributed by atoms with Crippen LogP contribution in [0, 0.1) is 0 Å². The molecule has 0 saturated heterocycles. The highest BCUT2D eigenvalue weighted by molar-refractivity contribution is 6.01. The SMILES string of the molecule is CCCCCC[C@H](C)NC(=O)CCC(=O)N(c1ccccc1)c1ccccc1. The average Bonchev–Trinajstić information content (AvgIpc) is 2.71. The summed E-state index contributed by atoms with van der Waals surface area (Å²) in [6.07, 6.45) is 6.15. The van der Waals surface area contributed by atoms with Crippen molar-refractivity contribution in [2.45, 2.75) is 64.8 Å². The van der Waals surface area contributed by atoms with Gasteiger partial charge in [-0.15, -0.1) is 0 Å². The fraction of sp³-hybridized carbons (Fsp3) is 0.417. The summed E-state index contributed by atoms with van der Waals surface area (Å²) in [7, 11) is 0. The molecule has 0 aromatic heterocycles. The first-order valence-corrected chi connectivity index (χ1v) is 10.3. The largest absolute Gasteiger partial charge is 0.354 e. The molecule has 0 aliphatic carbocycles. The molecule has 28 heavy (non-hydrogen) atoms. The topological polar surface area (TPSA) is 49.4 Å².